The molecule has 22 heavy (non-hydrogen) atoms. The molecule has 0 fully saturated rings. The van der Waals surface area contributed by atoms with Crippen molar-refractivity contribution in [1.82, 2.24) is 4.57 Å². The lowest BCUT2D eigenvalue weighted by Crippen LogP contribution is -2.33. The zero-order valence-electron chi connectivity index (χ0n) is 11.8. The summed E-state index contributed by atoms with van der Waals surface area (Å²) in [5, 5.41) is 0. The summed E-state index contributed by atoms with van der Waals surface area (Å²) < 4.78 is 7.60. The van der Waals surface area contributed by atoms with Crippen LogP contribution in [0.3, 0.4) is 0 Å². The summed E-state index contributed by atoms with van der Waals surface area (Å²) in [5.74, 6) is 0.0460. The highest BCUT2D eigenvalue weighted by Crippen LogP contribution is 2.12. The highest BCUT2D eigenvalue weighted by molar-refractivity contribution is 7.07. The number of rotatable bonds is 4. The number of fused-ring (bicyclic) bond motifs is 1. The van der Waals surface area contributed by atoms with Gasteiger partial charge >= 0.3 is 0 Å². The molecule has 6 nitrogen and oxygen atoms in total. The van der Waals surface area contributed by atoms with Gasteiger partial charge in [0.15, 0.2) is 11.4 Å². The largest absolute Gasteiger partial charge is 0.484 e. The van der Waals surface area contributed by atoms with E-state index in [0.29, 0.717) is 10.3 Å². The lowest BCUT2D eigenvalue weighted by molar-refractivity contribution is -0.119. The van der Waals surface area contributed by atoms with Crippen molar-refractivity contribution < 1.29 is 9.53 Å². The zero-order chi connectivity index (χ0) is 15.5. The van der Waals surface area contributed by atoms with Crippen molar-refractivity contribution in [2.45, 2.75) is 13.0 Å². The summed E-state index contributed by atoms with van der Waals surface area (Å²) in [6.07, 6.45) is 2.75. The molecule has 0 aliphatic carbocycles. The number of thiazole rings is 1. The Bertz CT molecular complexity index is 865. The average Bonchev–Trinajstić information content (AvgIpc) is 2.83. The fourth-order valence-corrected chi connectivity index (χ4v) is 3.22. The molecule has 7 heteroatoms. The maximum absolute atomic E-state index is 12.3. The van der Waals surface area contributed by atoms with Gasteiger partial charge in [0.1, 0.15) is 5.75 Å². The van der Waals surface area contributed by atoms with E-state index in [0.717, 1.165) is 29.9 Å². The highest BCUT2D eigenvalue weighted by atomic mass is 32.1. The number of ether oxygens (including phenoxy) is 1. The molecule has 2 heterocycles. The van der Waals surface area contributed by atoms with Crippen LogP contribution in [-0.4, -0.2) is 23.6 Å². The van der Waals surface area contributed by atoms with Gasteiger partial charge in [0, 0.05) is 13.1 Å². The van der Waals surface area contributed by atoms with Crippen molar-refractivity contribution in [3.63, 3.8) is 0 Å². The van der Waals surface area contributed by atoms with Crippen LogP contribution in [0.5, 0.6) is 5.75 Å². The van der Waals surface area contributed by atoms with Gasteiger partial charge in [0.05, 0.1) is 4.53 Å². The predicted molar refractivity (Wildman–Crippen MR) is 83.5 cm³/mol. The van der Waals surface area contributed by atoms with Crippen LogP contribution in [0.15, 0.2) is 34.1 Å². The van der Waals surface area contributed by atoms with Crippen LogP contribution < -0.4 is 25.4 Å². The Kier molecular flexibility index (Phi) is 4.06. The Balaban J connectivity index is 1.88. The fourth-order valence-electron chi connectivity index (χ4n) is 2.19. The number of carbonyl (C=O) groups excluding carboxylic acids is 1. The number of amides is 1. The lowest BCUT2D eigenvalue weighted by Gasteiger charge is -2.03. The molecule has 1 aromatic heterocycles. The highest BCUT2D eigenvalue weighted by Gasteiger charge is 2.08. The number of aromatic nitrogens is 1. The van der Waals surface area contributed by atoms with E-state index in [4.69, 9.17) is 10.5 Å². The van der Waals surface area contributed by atoms with E-state index in [1.54, 1.807) is 16.7 Å². The molecule has 2 N–H and O–H groups in total. The van der Waals surface area contributed by atoms with Crippen LogP contribution in [0, 0.1) is 0 Å². The number of nitrogens with zero attached hydrogens (tertiary/aromatic N) is 2. The molecule has 1 amide bonds. The van der Waals surface area contributed by atoms with Crippen LogP contribution in [0.4, 0.5) is 0 Å². The van der Waals surface area contributed by atoms with Gasteiger partial charge < -0.3 is 10.5 Å². The first-order valence-electron chi connectivity index (χ1n) is 6.90. The Labute approximate surface area is 130 Å². The minimum atomic E-state index is -0.517. The minimum absolute atomic E-state index is 0.0116. The van der Waals surface area contributed by atoms with E-state index in [1.807, 2.05) is 18.2 Å². The number of benzene rings is 1. The van der Waals surface area contributed by atoms with Crippen LogP contribution in [-0.2, 0) is 11.3 Å². The van der Waals surface area contributed by atoms with Gasteiger partial charge in [-0.25, -0.2) is 0 Å². The van der Waals surface area contributed by atoms with Crippen LogP contribution >= 0.6 is 11.3 Å². The average molecular weight is 317 g/mol. The van der Waals surface area contributed by atoms with Gasteiger partial charge in [0.2, 0.25) is 0 Å². The van der Waals surface area contributed by atoms with Gasteiger partial charge in [-0.3, -0.25) is 19.1 Å². The number of hydrogen-bond donors (Lipinski definition) is 1. The molecule has 114 valence electrons. The second kappa shape index (κ2) is 6.15. The molecule has 0 unspecified atom stereocenters. The van der Waals surface area contributed by atoms with E-state index in [1.165, 1.54) is 11.3 Å². The predicted octanol–water partition coefficient (Wildman–Crippen LogP) is -0.374. The molecule has 2 aromatic rings. The van der Waals surface area contributed by atoms with Crippen molar-refractivity contribution in [2.75, 3.05) is 13.2 Å². The van der Waals surface area contributed by atoms with Crippen LogP contribution in [0.2, 0.25) is 0 Å². The normalized spacial score (nSPS) is 14.3. The molecule has 0 radical (unpaired) electrons. The van der Waals surface area contributed by atoms with Gasteiger partial charge in [-0.15, -0.1) is 0 Å². The zero-order valence-corrected chi connectivity index (χ0v) is 12.6. The third kappa shape index (κ3) is 3.09. The first-order chi connectivity index (χ1) is 10.6. The molecule has 1 aliphatic heterocycles. The van der Waals surface area contributed by atoms with E-state index in [2.05, 4.69) is 4.99 Å². The van der Waals surface area contributed by atoms with Crippen molar-refractivity contribution in [1.29, 1.82) is 0 Å². The van der Waals surface area contributed by atoms with Crippen molar-refractivity contribution in [2.24, 2.45) is 10.7 Å². The van der Waals surface area contributed by atoms with Crippen molar-refractivity contribution in [3.8, 4) is 5.75 Å². The topological polar surface area (TPSA) is 86.7 Å². The molecule has 0 bridgehead atoms. The van der Waals surface area contributed by atoms with E-state index < -0.39 is 5.91 Å². The molecule has 3 rings (SSSR count). The SMILES string of the molecule is NC(=O)COc1ccc(C=c2sc3n(c2=O)CCCN=3)cc1. The second-order valence-electron chi connectivity index (χ2n) is 4.91. The first kappa shape index (κ1) is 14.5. The molecule has 0 saturated heterocycles. The number of nitrogens with two attached hydrogens (primary N) is 1. The fraction of sp³-hybridized carbons (Fsp3) is 0.267. The van der Waals surface area contributed by atoms with Gasteiger partial charge in [-0.1, -0.05) is 23.5 Å². The van der Waals surface area contributed by atoms with Crippen molar-refractivity contribution in [3.05, 3.63) is 49.5 Å². The molecule has 0 spiro atoms. The smallest absolute Gasteiger partial charge is 0.270 e. The third-order valence-corrected chi connectivity index (χ3v) is 4.28. The molecular weight excluding hydrogens is 302 g/mol. The number of hydrogen-bond acceptors (Lipinski definition) is 5. The summed E-state index contributed by atoms with van der Waals surface area (Å²) in [4.78, 5) is 28.1. The Morgan fingerprint density at radius 3 is 2.86 bits per heavy atom. The lowest BCUT2D eigenvalue weighted by atomic mass is 10.2. The summed E-state index contributed by atoms with van der Waals surface area (Å²) in [7, 11) is 0. The summed E-state index contributed by atoms with van der Waals surface area (Å²) >= 11 is 1.41. The van der Waals surface area contributed by atoms with E-state index in [9.17, 15) is 9.59 Å². The maximum atomic E-state index is 12.3. The maximum Gasteiger partial charge on any atom is 0.270 e. The Morgan fingerprint density at radius 2 is 2.18 bits per heavy atom. The first-order valence-corrected chi connectivity index (χ1v) is 7.72. The van der Waals surface area contributed by atoms with Gasteiger partial charge in [-0.2, -0.15) is 0 Å². The molecule has 1 aromatic carbocycles. The van der Waals surface area contributed by atoms with Crippen LogP contribution in [0.25, 0.3) is 6.08 Å². The molecule has 0 saturated carbocycles. The molecule has 1 aliphatic rings. The monoisotopic (exact) mass is 317 g/mol. The number of carbonyl (C=O) groups is 1. The van der Waals surface area contributed by atoms with E-state index >= 15 is 0 Å². The van der Waals surface area contributed by atoms with Gasteiger partial charge in [0.25, 0.3) is 11.5 Å². The van der Waals surface area contributed by atoms with E-state index in [-0.39, 0.29) is 12.2 Å². The number of primary amides is 1. The minimum Gasteiger partial charge on any atom is -0.484 e. The summed E-state index contributed by atoms with van der Waals surface area (Å²) in [5.41, 5.74) is 5.93. The standard InChI is InChI=1S/C15H15N3O3S/c16-13(19)9-21-11-4-2-10(3-5-11)8-12-14(20)18-7-1-6-17-15(18)22-12/h2-5,8H,1,6-7,9H2,(H2,16,19). The Morgan fingerprint density at radius 1 is 1.41 bits per heavy atom. The third-order valence-electron chi connectivity index (χ3n) is 3.23. The van der Waals surface area contributed by atoms with Crippen LogP contribution in [0.1, 0.15) is 12.0 Å². The quantitative estimate of drug-likeness (QED) is 0.834. The second-order valence-corrected chi connectivity index (χ2v) is 5.92. The Hall–Kier alpha value is -2.41. The summed E-state index contributed by atoms with van der Waals surface area (Å²) in [6.45, 7) is 1.37. The molecule has 0 atom stereocenters. The van der Waals surface area contributed by atoms with Crippen molar-refractivity contribution >= 4 is 23.3 Å². The van der Waals surface area contributed by atoms with Gasteiger partial charge in [-0.05, 0) is 30.2 Å². The molecular formula is C15H15N3O3S. The summed E-state index contributed by atoms with van der Waals surface area (Å²) in [6, 6.07) is 7.14.